The smallest absolute Gasteiger partial charge is 0.244 e. The zero-order valence-electron chi connectivity index (χ0n) is 17.4. The number of nitrogens with one attached hydrogen (secondary N) is 1. The summed E-state index contributed by atoms with van der Waals surface area (Å²) in [7, 11) is 1.58. The lowest BCUT2D eigenvalue weighted by Crippen LogP contribution is -2.30. The maximum Gasteiger partial charge on any atom is 0.244 e. The van der Waals surface area contributed by atoms with Gasteiger partial charge in [-0.05, 0) is 49.6 Å². The van der Waals surface area contributed by atoms with Crippen LogP contribution in [0.2, 0.25) is 0 Å². The quantitative estimate of drug-likeness (QED) is 0.682. The normalized spacial score (nSPS) is 13.6. The summed E-state index contributed by atoms with van der Waals surface area (Å²) in [5.74, 6) is 1.08. The van der Waals surface area contributed by atoms with Crippen LogP contribution in [-0.2, 0) is 22.6 Å². The van der Waals surface area contributed by atoms with Crippen molar-refractivity contribution in [1.82, 2.24) is 14.5 Å². The first-order valence-electron chi connectivity index (χ1n) is 10.2. The van der Waals surface area contributed by atoms with Crippen LogP contribution in [0.4, 0.5) is 5.69 Å². The second kappa shape index (κ2) is 8.57. The molecule has 4 rings (SSSR count). The van der Waals surface area contributed by atoms with Crippen LogP contribution in [-0.4, -0.2) is 46.5 Å². The van der Waals surface area contributed by atoms with Crippen LogP contribution in [0.15, 0.2) is 42.5 Å². The fraction of sp³-hybridized carbons (Fsp3) is 0.348. The standard InChI is InChI=1S/C23H26N4O3/c1-16-9-10-20(30-2)18(13-16)25-22(28)15-27-19-8-4-3-7-17(19)24-21(27)14-23(29)26-11-5-6-12-26/h3-4,7-10,13H,5-6,11-12,14-15H2,1-2H3,(H,25,28). The molecule has 0 aliphatic carbocycles. The van der Waals surface area contributed by atoms with Crippen LogP contribution in [0.3, 0.4) is 0 Å². The molecule has 30 heavy (non-hydrogen) atoms. The van der Waals surface area contributed by atoms with E-state index < -0.39 is 0 Å². The molecule has 0 bridgehead atoms. The average molecular weight is 406 g/mol. The summed E-state index contributed by atoms with van der Waals surface area (Å²) >= 11 is 0. The number of anilines is 1. The number of imidazole rings is 1. The molecule has 156 valence electrons. The largest absolute Gasteiger partial charge is 0.495 e. The molecule has 7 heteroatoms. The Morgan fingerprint density at radius 3 is 2.67 bits per heavy atom. The van der Waals surface area contributed by atoms with E-state index in [0.717, 1.165) is 42.5 Å². The SMILES string of the molecule is COc1ccc(C)cc1NC(=O)Cn1c(CC(=O)N2CCCC2)nc2ccccc21. The highest BCUT2D eigenvalue weighted by molar-refractivity contribution is 5.93. The molecule has 1 fully saturated rings. The number of fused-ring (bicyclic) bond motifs is 1. The maximum absolute atomic E-state index is 12.9. The van der Waals surface area contributed by atoms with E-state index in [9.17, 15) is 9.59 Å². The number of likely N-dealkylation sites (tertiary alicyclic amines) is 1. The van der Waals surface area contributed by atoms with Crippen molar-refractivity contribution >= 4 is 28.5 Å². The number of nitrogens with zero attached hydrogens (tertiary/aromatic N) is 3. The molecule has 0 saturated carbocycles. The number of hydrogen-bond donors (Lipinski definition) is 1. The molecular weight excluding hydrogens is 380 g/mol. The minimum Gasteiger partial charge on any atom is -0.495 e. The lowest BCUT2D eigenvalue weighted by Gasteiger charge is -2.16. The van der Waals surface area contributed by atoms with E-state index in [4.69, 9.17) is 4.74 Å². The average Bonchev–Trinajstić information content (AvgIpc) is 3.37. The highest BCUT2D eigenvalue weighted by atomic mass is 16.5. The number of para-hydroxylation sites is 2. The summed E-state index contributed by atoms with van der Waals surface area (Å²) in [4.78, 5) is 32.1. The fourth-order valence-corrected chi connectivity index (χ4v) is 3.90. The van der Waals surface area contributed by atoms with Gasteiger partial charge in [0.2, 0.25) is 11.8 Å². The van der Waals surface area contributed by atoms with E-state index in [0.29, 0.717) is 17.3 Å². The molecule has 2 aromatic carbocycles. The van der Waals surface area contributed by atoms with Gasteiger partial charge in [-0.2, -0.15) is 0 Å². The molecule has 1 aromatic heterocycles. The molecular formula is C23H26N4O3. The lowest BCUT2D eigenvalue weighted by atomic mass is 10.2. The second-order valence-corrected chi connectivity index (χ2v) is 7.62. The Kier molecular flexibility index (Phi) is 5.70. The maximum atomic E-state index is 12.9. The van der Waals surface area contributed by atoms with Gasteiger partial charge >= 0.3 is 0 Å². The minimum absolute atomic E-state index is 0.0600. The molecule has 2 heterocycles. The molecule has 0 unspecified atom stereocenters. The third kappa shape index (κ3) is 4.15. The van der Waals surface area contributed by atoms with E-state index in [1.54, 1.807) is 7.11 Å². The number of carbonyl (C=O) groups excluding carboxylic acids is 2. The number of methoxy groups -OCH3 is 1. The Morgan fingerprint density at radius 1 is 1.13 bits per heavy atom. The number of aromatic nitrogens is 2. The fourth-order valence-electron chi connectivity index (χ4n) is 3.90. The summed E-state index contributed by atoms with van der Waals surface area (Å²) in [5, 5.41) is 2.93. The number of amides is 2. The molecule has 1 aliphatic rings. The van der Waals surface area contributed by atoms with E-state index in [-0.39, 0.29) is 24.8 Å². The number of hydrogen-bond acceptors (Lipinski definition) is 4. The van der Waals surface area contributed by atoms with Crippen molar-refractivity contribution in [3.8, 4) is 5.75 Å². The third-order valence-electron chi connectivity index (χ3n) is 5.43. The van der Waals surface area contributed by atoms with Gasteiger partial charge in [0.1, 0.15) is 18.1 Å². The van der Waals surface area contributed by atoms with Gasteiger partial charge in [-0.15, -0.1) is 0 Å². The van der Waals surface area contributed by atoms with Crippen LogP contribution >= 0.6 is 0 Å². The van der Waals surface area contributed by atoms with Gasteiger partial charge in [-0.25, -0.2) is 4.98 Å². The predicted octanol–water partition coefficient (Wildman–Crippen LogP) is 3.16. The zero-order valence-corrected chi connectivity index (χ0v) is 17.4. The molecule has 2 amide bonds. The van der Waals surface area contributed by atoms with Crippen molar-refractivity contribution in [2.24, 2.45) is 0 Å². The first kappa shape index (κ1) is 19.9. The highest BCUT2D eigenvalue weighted by Crippen LogP contribution is 2.25. The van der Waals surface area contributed by atoms with E-state index in [2.05, 4.69) is 10.3 Å². The summed E-state index contributed by atoms with van der Waals surface area (Å²) in [6, 6.07) is 13.3. The van der Waals surface area contributed by atoms with Gasteiger partial charge in [-0.1, -0.05) is 18.2 Å². The predicted molar refractivity (Wildman–Crippen MR) is 116 cm³/mol. The summed E-state index contributed by atoms with van der Waals surface area (Å²) in [5.41, 5.74) is 3.27. The Labute approximate surface area is 175 Å². The topological polar surface area (TPSA) is 76.5 Å². The van der Waals surface area contributed by atoms with Gasteiger partial charge in [0.15, 0.2) is 0 Å². The number of carbonyl (C=O) groups is 2. The molecule has 7 nitrogen and oxygen atoms in total. The second-order valence-electron chi connectivity index (χ2n) is 7.62. The third-order valence-corrected chi connectivity index (χ3v) is 5.43. The molecule has 1 N–H and O–H groups in total. The number of aryl methyl sites for hydroxylation is 1. The molecule has 1 saturated heterocycles. The van der Waals surface area contributed by atoms with Gasteiger partial charge in [0.25, 0.3) is 0 Å². The van der Waals surface area contributed by atoms with Gasteiger partial charge in [0.05, 0.1) is 30.3 Å². The Bertz CT molecular complexity index is 1080. The van der Waals surface area contributed by atoms with Crippen LogP contribution in [0.5, 0.6) is 5.75 Å². The van der Waals surface area contributed by atoms with Crippen LogP contribution in [0.25, 0.3) is 11.0 Å². The van der Waals surface area contributed by atoms with Crippen molar-refractivity contribution < 1.29 is 14.3 Å². The molecule has 1 aliphatic heterocycles. The monoisotopic (exact) mass is 406 g/mol. The summed E-state index contributed by atoms with van der Waals surface area (Å²) < 4.78 is 7.19. The van der Waals surface area contributed by atoms with Gasteiger partial charge in [-0.3, -0.25) is 9.59 Å². The zero-order chi connectivity index (χ0) is 21.1. The van der Waals surface area contributed by atoms with Crippen molar-refractivity contribution in [2.45, 2.75) is 32.7 Å². The van der Waals surface area contributed by atoms with E-state index in [1.807, 2.05) is 58.9 Å². The first-order chi connectivity index (χ1) is 14.5. The molecule has 0 radical (unpaired) electrons. The van der Waals surface area contributed by atoms with Crippen LogP contribution < -0.4 is 10.1 Å². The number of benzene rings is 2. The Hall–Kier alpha value is -3.35. The molecule has 0 spiro atoms. The lowest BCUT2D eigenvalue weighted by molar-refractivity contribution is -0.129. The summed E-state index contributed by atoms with van der Waals surface area (Å²) in [6.07, 6.45) is 2.28. The molecule has 0 atom stereocenters. The van der Waals surface area contributed by atoms with Crippen molar-refractivity contribution in [1.29, 1.82) is 0 Å². The molecule has 3 aromatic rings. The minimum atomic E-state index is -0.197. The van der Waals surface area contributed by atoms with Gasteiger partial charge in [0, 0.05) is 13.1 Å². The van der Waals surface area contributed by atoms with Crippen molar-refractivity contribution in [3.63, 3.8) is 0 Å². The number of ether oxygens (including phenoxy) is 1. The van der Waals surface area contributed by atoms with Gasteiger partial charge < -0.3 is 19.5 Å². The number of rotatable bonds is 6. The van der Waals surface area contributed by atoms with Crippen molar-refractivity contribution in [3.05, 3.63) is 53.9 Å². The van der Waals surface area contributed by atoms with E-state index in [1.165, 1.54) is 0 Å². The van der Waals surface area contributed by atoms with Crippen LogP contribution in [0, 0.1) is 6.92 Å². The van der Waals surface area contributed by atoms with Crippen molar-refractivity contribution in [2.75, 3.05) is 25.5 Å². The highest BCUT2D eigenvalue weighted by Gasteiger charge is 2.22. The Morgan fingerprint density at radius 2 is 1.90 bits per heavy atom. The van der Waals surface area contributed by atoms with E-state index >= 15 is 0 Å². The first-order valence-corrected chi connectivity index (χ1v) is 10.2. The van der Waals surface area contributed by atoms with Crippen LogP contribution in [0.1, 0.15) is 24.2 Å². The summed E-state index contributed by atoms with van der Waals surface area (Å²) in [6.45, 7) is 3.63. The Balaban J connectivity index is 1.59.